The van der Waals surface area contributed by atoms with E-state index in [0.29, 0.717) is 21.2 Å². The lowest BCUT2D eigenvalue weighted by atomic mass is 9.83. The molecule has 1 heterocycles. The number of hydrogen-bond acceptors (Lipinski definition) is 3. The minimum Gasteiger partial charge on any atom is -0.321 e. The van der Waals surface area contributed by atoms with Crippen molar-refractivity contribution in [2.45, 2.75) is 11.2 Å². The van der Waals surface area contributed by atoms with Crippen LogP contribution < -0.4 is 0 Å². The number of benzene rings is 2. The van der Waals surface area contributed by atoms with Crippen LogP contribution in [0.1, 0.15) is 11.1 Å². The Bertz CT molecular complexity index is 741. The molecule has 2 atom stereocenters. The molecule has 1 fully saturated rings. The highest BCUT2D eigenvalue weighted by atomic mass is 35.5. The molecular weight excluding hydrogens is 307 g/mol. The monoisotopic (exact) mass is 314 g/mol. The number of hydrogen-bond donors (Lipinski definition) is 0. The predicted molar refractivity (Wildman–Crippen MR) is 78.6 cm³/mol. The summed E-state index contributed by atoms with van der Waals surface area (Å²) in [5, 5.41) is 20.2. The van der Waals surface area contributed by atoms with E-state index in [4.69, 9.17) is 27.9 Å². The molecular formula is C16H8Cl2N2O. The van der Waals surface area contributed by atoms with E-state index in [1.54, 1.807) is 48.5 Å². The number of halogens is 2. The van der Waals surface area contributed by atoms with Crippen LogP contribution in [0.25, 0.3) is 0 Å². The molecule has 0 spiro atoms. The molecule has 0 aliphatic carbocycles. The molecule has 21 heavy (non-hydrogen) atoms. The SMILES string of the molecule is N#CC1(c2cccc(Cl)c2)OC1(C#N)c1cccc(Cl)c1. The minimum atomic E-state index is -1.36. The van der Waals surface area contributed by atoms with Crippen molar-refractivity contribution in [2.24, 2.45) is 0 Å². The van der Waals surface area contributed by atoms with Crippen molar-refractivity contribution >= 4 is 23.2 Å². The molecule has 102 valence electrons. The molecule has 1 aliphatic rings. The highest BCUT2D eigenvalue weighted by molar-refractivity contribution is 6.31. The Labute approximate surface area is 131 Å². The van der Waals surface area contributed by atoms with Crippen LogP contribution >= 0.6 is 23.2 Å². The van der Waals surface area contributed by atoms with Crippen LogP contribution in [0.2, 0.25) is 10.0 Å². The van der Waals surface area contributed by atoms with Crippen molar-refractivity contribution < 1.29 is 4.74 Å². The largest absolute Gasteiger partial charge is 0.321 e. The third-order valence-electron chi connectivity index (χ3n) is 3.54. The molecule has 0 bridgehead atoms. The molecule has 0 saturated carbocycles. The van der Waals surface area contributed by atoms with Gasteiger partial charge in [0.25, 0.3) is 0 Å². The number of nitrogens with zero attached hydrogens (tertiary/aromatic N) is 2. The summed E-state index contributed by atoms with van der Waals surface area (Å²) in [5.41, 5.74) is -1.62. The van der Waals surface area contributed by atoms with Crippen molar-refractivity contribution in [3.63, 3.8) is 0 Å². The molecule has 3 nitrogen and oxygen atoms in total. The van der Waals surface area contributed by atoms with E-state index in [0.717, 1.165) is 0 Å². The van der Waals surface area contributed by atoms with Gasteiger partial charge in [-0.1, -0.05) is 47.5 Å². The second-order valence-electron chi connectivity index (χ2n) is 4.71. The lowest BCUT2D eigenvalue weighted by Crippen LogP contribution is -2.19. The van der Waals surface area contributed by atoms with Crippen LogP contribution in [0.3, 0.4) is 0 Å². The fourth-order valence-corrected chi connectivity index (χ4v) is 2.86. The highest BCUT2D eigenvalue weighted by Gasteiger charge is 2.74. The molecule has 1 aliphatic heterocycles. The van der Waals surface area contributed by atoms with Crippen molar-refractivity contribution in [1.82, 2.24) is 0 Å². The van der Waals surface area contributed by atoms with Gasteiger partial charge in [0.15, 0.2) is 0 Å². The van der Waals surface area contributed by atoms with Gasteiger partial charge in [0, 0.05) is 21.2 Å². The first-order valence-electron chi connectivity index (χ1n) is 6.13. The number of ether oxygens (including phenoxy) is 1. The summed E-state index contributed by atoms with van der Waals surface area (Å²) >= 11 is 11.9. The zero-order valence-corrected chi connectivity index (χ0v) is 12.2. The van der Waals surface area contributed by atoms with E-state index in [9.17, 15) is 10.5 Å². The van der Waals surface area contributed by atoms with Gasteiger partial charge in [-0.25, -0.2) is 0 Å². The molecule has 0 N–H and O–H groups in total. The Morgan fingerprint density at radius 3 is 1.57 bits per heavy atom. The molecule has 5 heteroatoms. The molecule has 2 aromatic carbocycles. The summed E-state index contributed by atoms with van der Waals surface area (Å²) in [5.74, 6) is 0. The van der Waals surface area contributed by atoms with E-state index in [-0.39, 0.29) is 0 Å². The standard InChI is InChI=1S/C16H8Cl2N2O/c17-13-5-1-3-11(7-13)15(9-19)16(10-20,21-15)12-4-2-6-14(18)8-12/h1-8H. The molecule has 0 radical (unpaired) electrons. The first kappa shape index (κ1) is 13.9. The number of epoxide rings is 1. The van der Waals surface area contributed by atoms with Crippen LogP contribution in [0.5, 0.6) is 0 Å². The summed E-state index contributed by atoms with van der Waals surface area (Å²) < 4.78 is 5.63. The lowest BCUT2D eigenvalue weighted by molar-refractivity contribution is 0.314. The van der Waals surface area contributed by atoms with Gasteiger partial charge >= 0.3 is 0 Å². The van der Waals surface area contributed by atoms with Gasteiger partial charge in [0.2, 0.25) is 11.2 Å². The van der Waals surface area contributed by atoms with Gasteiger partial charge in [-0.3, -0.25) is 0 Å². The fourth-order valence-electron chi connectivity index (χ4n) is 2.48. The van der Waals surface area contributed by atoms with E-state index >= 15 is 0 Å². The van der Waals surface area contributed by atoms with Crippen molar-refractivity contribution in [3.8, 4) is 12.1 Å². The first-order chi connectivity index (χ1) is 10.1. The number of nitriles is 2. The average molecular weight is 315 g/mol. The third kappa shape index (κ3) is 1.91. The Kier molecular flexibility index (Phi) is 3.15. The van der Waals surface area contributed by atoms with E-state index in [1.807, 2.05) is 0 Å². The van der Waals surface area contributed by atoms with Crippen LogP contribution in [-0.2, 0) is 15.9 Å². The normalized spacial score (nSPS) is 26.7. The maximum absolute atomic E-state index is 9.60. The summed E-state index contributed by atoms with van der Waals surface area (Å²) in [6.07, 6.45) is 0. The molecule has 0 aromatic heterocycles. The van der Waals surface area contributed by atoms with E-state index < -0.39 is 11.2 Å². The highest BCUT2D eigenvalue weighted by Crippen LogP contribution is 2.61. The molecule has 1 saturated heterocycles. The van der Waals surface area contributed by atoms with Crippen LogP contribution in [0, 0.1) is 22.7 Å². The lowest BCUT2D eigenvalue weighted by Gasteiger charge is -2.10. The zero-order chi connectivity index (χ0) is 15.1. The molecule has 3 rings (SSSR count). The third-order valence-corrected chi connectivity index (χ3v) is 4.01. The van der Waals surface area contributed by atoms with Gasteiger partial charge in [-0.2, -0.15) is 10.5 Å². The smallest absolute Gasteiger partial charge is 0.228 e. The second kappa shape index (κ2) is 4.76. The van der Waals surface area contributed by atoms with Crippen LogP contribution in [0.4, 0.5) is 0 Å². The summed E-state index contributed by atoms with van der Waals surface area (Å²) in [6.45, 7) is 0. The fraction of sp³-hybridized carbons (Fsp3) is 0.125. The van der Waals surface area contributed by atoms with Gasteiger partial charge in [0.1, 0.15) is 12.1 Å². The topological polar surface area (TPSA) is 60.1 Å². The second-order valence-corrected chi connectivity index (χ2v) is 5.58. The Hall–Kier alpha value is -2.04. The molecule has 2 unspecified atom stereocenters. The maximum atomic E-state index is 9.60. The summed E-state index contributed by atoms with van der Waals surface area (Å²) in [6, 6.07) is 17.8. The number of rotatable bonds is 2. The predicted octanol–water partition coefficient (Wildman–Crippen LogP) is 4.16. The maximum Gasteiger partial charge on any atom is 0.228 e. The van der Waals surface area contributed by atoms with E-state index in [2.05, 4.69) is 12.1 Å². The van der Waals surface area contributed by atoms with E-state index in [1.165, 1.54) is 0 Å². The van der Waals surface area contributed by atoms with Crippen molar-refractivity contribution in [3.05, 3.63) is 69.7 Å². The van der Waals surface area contributed by atoms with Gasteiger partial charge < -0.3 is 4.74 Å². The Morgan fingerprint density at radius 1 is 0.810 bits per heavy atom. The molecule has 0 amide bonds. The average Bonchev–Trinajstić information content (AvgIpc) is 3.18. The Morgan fingerprint density at radius 2 is 1.24 bits per heavy atom. The van der Waals surface area contributed by atoms with Crippen LogP contribution in [-0.4, -0.2) is 0 Å². The van der Waals surface area contributed by atoms with Crippen LogP contribution in [0.15, 0.2) is 48.5 Å². The van der Waals surface area contributed by atoms with Crippen molar-refractivity contribution in [2.75, 3.05) is 0 Å². The Balaban J connectivity index is 2.16. The zero-order valence-electron chi connectivity index (χ0n) is 10.7. The molecule has 2 aromatic rings. The summed E-state index contributed by atoms with van der Waals surface area (Å²) in [7, 11) is 0. The van der Waals surface area contributed by atoms with Gasteiger partial charge in [-0.05, 0) is 24.3 Å². The summed E-state index contributed by atoms with van der Waals surface area (Å²) in [4.78, 5) is 0. The minimum absolute atomic E-state index is 0.482. The van der Waals surface area contributed by atoms with Gasteiger partial charge in [-0.15, -0.1) is 0 Å². The van der Waals surface area contributed by atoms with Crippen molar-refractivity contribution in [1.29, 1.82) is 10.5 Å². The quantitative estimate of drug-likeness (QED) is 0.782. The first-order valence-corrected chi connectivity index (χ1v) is 6.88. The van der Waals surface area contributed by atoms with Gasteiger partial charge in [0.05, 0.1) is 0 Å².